The first-order chi connectivity index (χ1) is 1.91. The fourth-order valence-electron chi connectivity index (χ4n) is 0. The monoisotopic (exact) mass is 101 g/mol. The minimum atomic E-state index is 0. The summed E-state index contributed by atoms with van der Waals surface area (Å²) in [5.41, 5.74) is 0. The summed E-state index contributed by atoms with van der Waals surface area (Å²) in [5, 5.41) is 7.51. The van der Waals surface area contributed by atoms with Gasteiger partial charge in [-0.05, 0) is 0 Å². The predicted octanol–water partition coefficient (Wildman–Crippen LogP) is -1.31. The molecule has 2 N–H and O–H groups in total. The zero-order valence-electron chi connectivity index (χ0n) is 2.73. The van der Waals surface area contributed by atoms with Crippen molar-refractivity contribution in [1.82, 2.24) is 0 Å². The van der Waals surface area contributed by atoms with Crippen molar-refractivity contribution in [2.24, 2.45) is 0 Å². The molecule has 0 fully saturated rings. The van der Waals surface area contributed by atoms with E-state index in [1.807, 2.05) is 0 Å². The van der Waals surface area contributed by atoms with Gasteiger partial charge in [0.25, 0.3) is 0 Å². The fraction of sp³-hybridized carbons (Fsp3) is 0. The van der Waals surface area contributed by atoms with E-state index in [-0.39, 0.29) is 22.8 Å². The zero-order valence-corrected chi connectivity index (χ0v) is 2.73. The van der Waals surface area contributed by atoms with Crippen molar-refractivity contribution in [2.75, 3.05) is 0 Å². The molecular weight excluding hydrogens is 93.0 g/mol. The molecule has 0 spiro atoms. The molecule has 0 aliphatic heterocycles. The van der Waals surface area contributed by atoms with Gasteiger partial charge < -0.3 is 5.48 Å². The highest BCUT2D eigenvalue weighted by molar-refractivity contribution is 5.75. The third-order valence-electron chi connectivity index (χ3n) is 0.0913. The van der Waals surface area contributed by atoms with Crippen molar-refractivity contribution >= 4 is 17.4 Å². The van der Waals surface area contributed by atoms with E-state index < -0.39 is 0 Å². The molecule has 0 aliphatic rings. The predicted molar refractivity (Wildman–Crippen MR) is 29.4 cm³/mol. The van der Waals surface area contributed by atoms with Crippen molar-refractivity contribution in [3.63, 3.8) is 0 Å². The number of hydrogen-bond acceptors (Lipinski definition) is 1. The molecule has 3 heteroatoms. The molecule has 0 aromatic rings. The Balaban J connectivity index is -0.0000000450. The summed E-state index contributed by atoms with van der Waals surface area (Å²) in [6.45, 7) is 3.12. The maximum Gasteiger partial charge on any atom is 0.187 e. The molecule has 0 radical (unpaired) electrons. The van der Waals surface area contributed by atoms with Crippen LogP contribution in [-0.4, -0.2) is 22.8 Å². The first-order valence-corrected chi connectivity index (χ1v) is 0.921. The van der Waals surface area contributed by atoms with E-state index >= 15 is 0 Å². The van der Waals surface area contributed by atoms with Crippen molar-refractivity contribution in [2.45, 2.75) is 0 Å². The quantitative estimate of drug-likeness (QED) is 0.276. The lowest BCUT2D eigenvalue weighted by molar-refractivity contribution is 0.824. The molecule has 6 heavy (non-hydrogen) atoms. The standard InChI is InChI=1S/C3H3N.Al.H2O.3H/c1-2-3-4;;;;;/h2H,1H2;;1H2;;;. The second kappa shape index (κ2) is 22.1. The minimum Gasteiger partial charge on any atom is -0.412 e. The van der Waals surface area contributed by atoms with Gasteiger partial charge >= 0.3 is 0 Å². The van der Waals surface area contributed by atoms with Gasteiger partial charge in [0, 0.05) is 6.08 Å². The fourth-order valence-corrected chi connectivity index (χ4v) is 0. The van der Waals surface area contributed by atoms with Crippen LogP contribution in [0, 0.1) is 11.3 Å². The van der Waals surface area contributed by atoms with Crippen molar-refractivity contribution in [3.8, 4) is 6.07 Å². The molecular formula is C3H8AlNO. The zero-order chi connectivity index (χ0) is 3.41. The lowest BCUT2D eigenvalue weighted by Gasteiger charge is -1.31. The summed E-state index contributed by atoms with van der Waals surface area (Å²) >= 11 is 0. The van der Waals surface area contributed by atoms with Crippen LogP contribution in [0.3, 0.4) is 0 Å². The van der Waals surface area contributed by atoms with E-state index in [1.54, 1.807) is 6.07 Å². The SMILES string of the molecule is C=CC#N.O.[AlH3]. The van der Waals surface area contributed by atoms with Crippen LogP contribution >= 0.6 is 0 Å². The molecule has 2 nitrogen and oxygen atoms in total. The van der Waals surface area contributed by atoms with Gasteiger partial charge in [0.05, 0.1) is 6.07 Å². The molecule has 0 heterocycles. The van der Waals surface area contributed by atoms with Gasteiger partial charge in [0.15, 0.2) is 17.4 Å². The van der Waals surface area contributed by atoms with Gasteiger partial charge in [0.1, 0.15) is 0 Å². The Bertz CT molecular complexity index is 56.3. The van der Waals surface area contributed by atoms with E-state index in [2.05, 4.69) is 6.58 Å². The van der Waals surface area contributed by atoms with Gasteiger partial charge in [-0.2, -0.15) is 5.26 Å². The van der Waals surface area contributed by atoms with Gasteiger partial charge in [0.2, 0.25) is 0 Å². The number of hydrogen-bond donors (Lipinski definition) is 0. The molecule has 0 saturated carbocycles. The van der Waals surface area contributed by atoms with Crippen molar-refractivity contribution < 1.29 is 5.48 Å². The molecule has 0 aromatic carbocycles. The Morgan fingerprint density at radius 2 is 1.83 bits per heavy atom. The third-order valence-corrected chi connectivity index (χ3v) is 0.0913. The van der Waals surface area contributed by atoms with E-state index in [4.69, 9.17) is 5.26 Å². The second-order valence-electron chi connectivity index (χ2n) is 0.333. The molecule has 0 unspecified atom stereocenters. The number of rotatable bonds is 0. The van der Waals surface area contributed by atoms with E-state index in [9.17, 15) is 0 Å². The van der Waals surface area contributed by atoms with Gasteiger partial charge in [-0.3, -0.25) is 0 Å². The number of nitriles is 1. The van der Waals surface area contributed by atoms with Crippen molar-refractivity contribution in [1.29, 1.82) is 5.26 Å². The van der Waals surface area contributed by atoms with Crippen LogP contribution in [0.2, 0.25) is 0 Å². The average Bonchev–Trinajstić information content (AvgIpc) is 1.37. The Labute approximate surface area is 47.5 Å². The molecule has 34 valence electrons. The highest BCUT2D eigenvalue weighted by Crippen LogP contribution is 1.41. The summed E-state index contributed by atoms with van der Waals surface area (Å²) < 4.78 is 0. The van der Waals surface area contributed by atoms with Crippen LogP contribution in [0.4, 0.5) is 0 Å². The smallest absolute Gasteiger partial charge is 0.187 e. The average molecular weight is 101 g/mol. The first-order valence-electron chi connectivity index (χ1n) is 0.921. The molecule has 0 aliphatic carbocycles. The van der Waals surface area contributed by atoms with Crippen LogP contribution in [0.5, 0.6) is 0 Å². The summed E-state index contributed by atoms with van der Waals surface area (Å²) in [4.78, 5) is 0. The van der Waals surface area contributed by atoms with Crippen LogP contribution in [0.25, 0.3) is 0 Å². The molecule has 0 amide bonds. The van der Waals surface area contributed by atoms with Gasteiger partial charge in [-0.25, -0.2) is 0 Å². The Kier molecular flexibility index (Phi) is 63.3. The maximum atomic E-state index is 7.51. The van der Waals surface area contributed by atoms with E-state index in [0.717, 1.165) is 0 Å². The normalized spacial score (nSPS) is 2.50. The molecule has 0 aromatic heterocycles. The summed E-state index contributed by atoms with van der Waals surface area (Å²) in [5.74, 6) is 0. The van der Waals surface area contributed by atoms with Gasteiger partial charge in [-0.15, -0.1) is 0 Å². The van der Waals surface area contributed by atoms with Crippen molar-refractivity contribution in [3.05, 3.63) is 12.7 Å². The number of nitrogens with zero attached hydrogens (tertiary/aromatic N) is 1. The molecule has 0 saturated heterocycles. The van der Waals surface area contributed by atoms with E-state index in [1.165, 1.54) is 6.08 Å². The second-order valence-corrected chi connectivity index (χ2v) is 0.333. The Morgan fingerprint density at radius 1 is 1.67 bits per heavy atom. The topological polar surface area (TPSA) is 55.3 Å². The van der Waals surface area contributed by atoms with E-state index in [0.29, 0.717) is 0 Å². The lowest BCUT2D eigenvalue weighted by atomic mass is 10.8. The molecule has 0 rings (SSSR count). The highest BCUT2D eigenvalue weighted by atomic mass is 27.0. The largest absolute Gasteiger partial charge is 0.412 e. The summed E-state index contributed by atoms with van der Waals surface area (Å²) in [6.07, 6.45) is 1.18. The molecule has 0 atom stereocenters. The van der Waals surface area contributed by atoms with Crippen LogP contribution in [0.15, 0.2) is 12.7 Å². The number of allylic oxidation sites excluding steroid dienone is 1. The first kappa shape index (κ1) is 17.2. The third kappa shape index (κ3) is 52.9. The van der Waals surface area contributed by atoms with Crippen LogP contribution < -0.4 is 0 Å². The van der Waals surface area contributed by atoms with Gasteiger partial charge in [-0.1, -0.05) is 6.58 Å². The minimum absolute atomic E-state index is 0. The van der Waals surface area contributed by atoms with Crippen LogP contribution in [-0.2, 0) is 0 Å². The maximum absolute atomic E-state index is 7.51. The Morgan fingerprint density at radius 3 is 1.83 bits per heavy atom. The Hall–Kier alpha value is -0.278. The lowest BCUT2D eigenvalue weighted by Crippen LogP contribution is -1.23. The molecule has 0 bridgehead atoms. The highest BCUT2D eigenvalue weighted by Gasteiger charge is 1.34. The summed E-state index contributed by atoms with van der Waals surface area (Å²) in [6, 6.07) is 1.69. The van der Waals surface area contributed by atoms with Crippen LogP contribution in [0.1, 0.15) is 0 Å². The summed E-state index contributed by atoms with van der Waals surface area (Å²) in [7, 11) is 0.